The number of carbonyl (C=O) groups excluding carboxylic acids is 3. The number of anilines is 3. The number of hydrogen-bond donors (Lipinski definition) is 2. The van der Waals surface area contributed by atoms with Gasteiger partial charge in [0.1, 0.15) is 18.2 Å². The number of alkyl halides is 2. The molecule has 0 bridgehead atoms. The molecule has 1 atom stereocenters. The van der Waals surface area contributed by atoms with E-state index in [0.717, 1.165) is 16.0 Å². The summed E-state index contributed by atoms with van der Waals surface area (Å²) in [5.74, 6) is -2.11. The molecule has 15 heteroatoms. The van der Waals surface area contributed by atoms with Crippen molar-refractivity contribution < 1.29 is 41.5 Å². The number of nitrogens with zero attached hydrogens (tertiary/aromatic N) is 4. The Kier molecular flexibility index (Phi) is 8.94. The van der Waals surface area contributed by atoms with Gasteiger partial charge in [-0.2, -0.15) is 8.78 Å². The molecule has 0 saturated carbocycles. The largest absolute Gasteiger partial charge is 0.442 e. The summed E-state index contributed by atoms with van der Waals surface area (Å²) in [6.45, 7) is 2.12. The van der Waals surface area contributed by atoms with Crippen molar-refractivity contribution >= 4 is 35.4 Å². The Morgan fingerprint density at radius 2 is 2.11 bits per heavy atom. The Labute approximate surface area is 203 Å². The van der Waals surface area contributed by atoms with E-state index in [1.807, 2.05) is 5.32 Å². The number of carbonyl (C=O) groups is 3. The number of ether oxygens (including phenoxy) is 1. The van der Waals surface area contributed by atoms with Crippen molar-refractivity contribution in [2.45, 2.75) is 19.5 Å². The van der Waals surface area contributed by atoms with E-state index in [0.29, 0.717) is 6.54 Å². The fraction of sp³-hybridized carbons (Fsp3) is 0.429. The number of halogens is 3. The lowest BCUT2D eigenvalue weighted by Gasteiger charge is -2.27. The number of amides is 4. The summed E-state index contributed by atoms with van der Waals surface area (Å²) in [7, 11) is 1.31. The van der Waals surface area contributed by atoms with E-state index in [1.54, 1.807) is 11.8 Å². The number of hydroxylamine groups is 2. The topological polar surface area (TPSA) is 129 Å². The van der Waals surface area contributed by atoms with Crippen LogP contribution in [0.3, 0.4) is 0 Å². The van der Waals surface area contributed by atoms with Crippen molar-refractivity contribution in [1.82, 2.24) is 15.4 Å². The van der Waals surface area contributed by atoms with E-state index in [-0.39, 0.29) is 43.6 Å². The van der Waals surface area contributed by atoms with Crippen LogP contribution in [0.4, 0.5) is 40.1 Å². The zero-order valence-electron chi connectivity index (χ0n) is 19.4. The molecule has 4 amide bonds. The SMILES string of the molecule is CCN(CCN(OC)C(=O)Nc1ncco1)c1ccc(N2C[C@H](CNC(=O)C(F)F)OC2=O)cc1F. The molecule has 0 aliphatic carbocycles. The number of rotatable bonds is 11. The third kappa shape index (κ3) is 6.56. The first-order valence-corrected chi connectivity index (χ1v) is 10.8. The second-order valence-corrected chi connectivity index (χ2v) is 7.43. The number of urea groups is 1. The highest BCUT2D eigenvalue weighted by Crippen LogP contribution is 2.28. The molecule has 0 spiro atoms. The summed E-state index contributed by atoms with van der Waals surface area (Å²) in [6, 6.07) is 3.49. The molecule has 1 saturated heterocycles. The zero-order chi connectivity index (χ0) is 26.2. The fourth-order valence-corrected chi connectivity index (χ4v) is 3.43. The van der Waals surface area contributed by atoms with E-state index in [1.165, 1.54) is 31.7 Å². The summed E-state index contributed by atoms with van der Waals surface area (Å²) < 4.78 is 49.7. The Balaban J connectivity index is 1.60. The van der Waals surface area contributed by atoms with Gasteiger partial charge >= 0.3 is 24.6 Å². The Morgan fingerprint density at radius 3 is 2.72 bits per heavy atom. The number of likely N-dealkylation sites (N-methyl/N-ethyl adjacent to an activating group) is 1. The third-order valence-electron chi connectivity index (χ3n) is 5.21. The first-order chi connectivity index (χ1) is 17.2. The molecule has 196 valence electrons. The van der Waals surface area contributed by atoms with Crippen LogP contribution in [0.15, 0.2) is 35.1 Å². The van der Waals surface area contributed by atoms with Gasteiger partial charge in [-0.15, -0.1) is 0 Å². The van der Waals surface area contributed by atoms with E-state index in [2.05, 4.69) is 10.3 Å². The van der Waals surface area contributed by atoms with E-state index in [4.69, 9.17) is 14.0 Å². The van der Waals surface area contributed by atoms with Crippen LogP contribution in [-0.2, 0) is 14.4 Å². The van der Waals surface area contributed by atoms with Gasteiger partial charge in [0.2, 0.25) is 0 Å². The molecule has 1 aromatic heterocycles. The molecular formula is C21H25F3N6O6. The molecule has 3 rings (SSSR count). The van der Waals surface area contributed by atoms with Gasteiger partial charge in [-0.05, 0) is 25.1 Å². The lowest BCUT2D eigenvalue weighted by molar-refractivity contribution is -0.132. The first-order valence-electron chi connectivity index (χ1n) is 10.8. The number of hydrogen-bond acceptors (Lipinski definition) is 8. The van der Waals surface area contributed by atoms with Gasteiger partial charge in [-0.25, -0.2) is 24.0 Å². The summed E-state index contributed by atoms with van der Waals surface area (Å²) in [6.07, 6.45) is -2.17. The average molecular weight is 514 g/mol. The number of benzene rings is 1. The van der Waals surface area contributed by atoms with Gasteiger partial charge in [0.05, 0.1) is 44.3 Å². The van der Waals surface area contributed by atoms with Gasteiger partial charge in [0.15, 0.2) is 0 Å². The maximum Gasteiger partial charge on any atom is 0.414 e. The van der Waals surface area contributed by atoms with Crippen molar-refractivity contribution in [1.29, 1.82) is 0 Å². The molecule has 0 radical (unpaired) electrons. The van der Waals surface area contributed by atoms with Crippen LogP contribution in [0.1, 0.15) is 6.92 Å². The lowest BCUT2D eigenvalue weighted by Crippen LogP contribution is -2.40. The fourth-order valence-electron chi connectivity index (χ4n) is 3.43. The summed E-state index contributed by atoms with van der Waals surface area (Å²) >= 11 is 0. The van der Waals surface area contributed by atoms with Gasteiger partial charge in [0, 0.05) is 13.1 Å². The maximum atomic E-state index is 15.0. The van der Waals surface area contributed by atoms with Gasteiger partial charge < -0.3 is 19.4 Å². The summed E-state index contributed by atoms with van der Waals surface area (Å²) in [5, 5.41) is 5.42. The van der Waals surface area contributed by atoms with Crippen LogP contribution in [0.2, 0.25) is 0 Å². The van der Waals surface area contributed by atoms with Crippen molar-refractivity contribution in [3.8, 4) is 0 Å². The normalized spacial score (nSPS) is 15.1. The number of aromatic nitrogens is 1. The van der Waals surface area contributed by atoms with Crippen molar-refractivity contribution in [2.24, 2.45) is 0 Å². The molecule has 1 aliphatic heterocycles. The Morgan fingerprint density at radius 1 is 1.33 bits per heavy atom. The first kappa shape index (κ1) is 26.6. The highest BCUT2D eigenvalue weighted by atomic mass is 19.3. The highest BCUT2D eigenvalue weighted by molar-refractivity contribution is 5.90. The van der Waals surface area contributed by atoms with Gasteiger partial charge in [0.25, 0.3) is 5.91 Å². The van der Waals surface area contributed by atoms with Crippen molar-refractivity contribution in [3.05, 3.63) is 36.5 Å². The zero-order valence-corrected chi connectivity index (χ0v) is 19.4. The smallest absolute Gasteiger partial charge is 0.414 e. The molecule has 12 nitrogen and oxygen atoms in total. The van der Waals surface area contributed by atoms with E-state index < -0.39 is 36.4 Å². The molecule has 1 aromatic carbocycles. The molecular weight excluding hydrogens is 489 g/mol. The highest BCUT2D eigenvalue weighted by Gasteiger charge is 2.33. The average Bonchev–Trinajstić information content (AvgIpc) is 3.50. The minimum atomic E-state index is -3.18. The van der Waals surface area contributed by atoms with Crippen LogP contribution < -0.4 is 20.4 Å². The Bertz CT molecular complexity index is 1060. The number of oxazole rings is 1. The predicted octanol–water partition coefficient (Wildman–Crippen LogP) is 2.44. The maximum absolute atomic E-state index is 15.0. The van der Waals surface area contributed by atoms with Crippen LogP contribution in [0, 0.1) is 5.82 Å². The molecule has 2 N–H and O–H groups in total. The third-order valence-corrected chi connectivity index (χ3v) is 5.21. The number of cyclic esters (lactones) is 1. The molecule has 2 heterocycles. The molecule has 1 aliphatic rings. The van der Waals surface area contributed by atoms with E-state index in [9.17, 15) is 23.2 Å². The lowest BCUT2D eigenvalue weighted by atomic mass is 10.2. The van der Waals surface area contributed by atoms with Crippen LogP contribution in [0.5, 0.6) is 0 Å². The van der Waals surface area contributed by atoms with Gasteiger partial charge in [-0.1, -0.05) is 0 Å². The minimum absolute atomic E-state index is 0.00453. The summed E-state index contributed by atoms with van der Waals surface area (Å²) in [5.41, 5.74) is 0.419. The van der Waals surface area contributed by atoms with Crippen LogP contribution >= 0.6 is 0 Å². The van der Waals surface area contributed by atoms with Crippen LogP contribution in [0.25, 0.3) is 0 Å². The minimum Gasteiger partial charge on any atom is -0.442 e. The summed E-state index contributed by atoms with van der Waals surface area (Å²) in [4.78, 5) is 47.2. The predicted molar refractivity (Wildman–Crippen MR) is 120 cm³/mol. The van der Waals surface area contributed by atoms with E-state index >= 15 is 4.39 Å². The van der Waals surface area contributed by atoms with Crippen molar-refractivity contribution in [3.63, 3.8) is 0 Å². The molecule has 36 heavy (non-hydrogen) atoms. The Hall–Kier alpha value is -4.01. The second kappa shape index (κ2) is 12.1. The van der Waals surface area contributed by atoms with Crippen LogP contribution in [-0.4, -0.2) is 80.4 Å². The van der Waals surface area contributed by atoms with Crippen molar-refractivity contribution in [2.75, 3.05) is 55.0 Å². The molecule has 0 unspecified atom stereocenters. The number of nitrogens with one attached hydrogen (secondary N) is 2. The quantitative estimate of drug-likeness (QED) is 0.438. The standard InChI is InChI=1S/C21H25F3N6O6/c1-3-28(7-8-30(34-2)20(32)27-19-25-6-9-35-19)16-5-4-13(10-15(16)22)29-12-14(36-21(29)33)11-26-18(31)17(23)24/h4-6,9-10,14,17H,3,7-8,11-12H2,1-2H3,(H,26,31)(H,25,27,32)/t14-/m0/s1. The monoisotopic (exact) mass is 514 g/mol. The molecule has 2 aromatic rings. The molecule has 1 fully saturated rings. The van der Waals surface area contributed by atoms with Gasteiger partial charge in [-0.3, -0.25) is 19.8 Å². The second-order valence-electron chi connectivity index (χ2n) is 7.43.